The maximum atomic E-state index is 6.37. The Kier molecular flexibility index (Phi) is 9.84. The van der Waals surface area contributed by atoms with Crippen LogP contribution in [0.15, 0.2) is 52.3 Å². The number of halogens is 2. The highest BCUT2D eigenvalue weighted by Gasteiger charge is 2.22. The molecule has 0 aliphatic heterocycles. The van der Waals surface area contributed by atoms with Crippen molar-refractivity contribution in [2.24, 2.45) is 0 Å². The smallest absolute Gasteiger partial charge is 0.0794 e. The Morgan fingerprint density at radius 3 is 2.59 bits per heavy atom. The molecule has 0 aliphatic carbocycles. The van der Waals surface area contributed by atoms with Crippen molar-refractivity contribution in [3.8, 4) is 0 Å². The van der Waals surface area contributed by atoms with Gasteiger partial charge in [0.05, 0.1) is 5.03 Å². The van der Waals surface area contributed by atoms with E-state index in [1.807, 2.05) is 44.2 Å². The first-order valence-electron chi connectivity index (χ1n) is 9.85. The Morgan fingerprint density at radius 2 is 2.00 bits per heavy atom. The highest BCUT2D eigenvalue weighted by atomic mass is 35.5. The summed E-state index contributed by atoms with van der Waals surface area (Å²) in [6.07, 6.45) is 7.70. The number of aromatic nitrogens is 2. The highest BCUT2D eigenvalue weighted by molar-refractivity contribution is 7.99. The third-order valence-corrected chi connectivity index (χ3v) is 6.49. The first kappa shape index (κ1) is 24.1. The Bertz CT molecular complexity index is 855. The van der Waals surface area contributed by atoms with Crippen molar-refractivity contribution in [3.05, 3.63) is 69.7 Å². The summed E-state index contributed by atoms with van der Waals surface area (Å²) in [7, 11) is 2.00. The quantitative estimate of drug-likeness (QED) is 0.254. The summed E-state index contributed by atoms with van der Waals surface area (Å²) < 4.78 is 2.43. The molecule has 0 unspecified atom stereocenters. The van der Waals surface area contributed by atoms with E-state index < -0.39 is 0 Å². The molecule has 2 aromatic heterocycles. The van der Waals surface area contributed by atoms with E-state index in [-0.39, 0.29) is 0 Å². The molecule has 0 spiro atoms. The van der Waals surface area contributed by atoms with Gasteiger partial charge in [-0.05, 0) is 61.7 Å². The molecule has 0 fully saturated rings. The summed E-state index contributed by atoms with van der Waals surface area (Å²) in [4.78, 5) is 4.15. The molecule has 0 aliphatic rings. The fourth-order valence-corrected chi connectivity index (χ4v) is 5.05. The molecule has 0 amide bonds. The molecule has 2 rings (SSSR count). The molecule has 158 valence electrons. The largest absolute Gasteiger partial charge is 0.335 e. The van der Waals surface area contributed by atoms with Crippen LogP contribution in [-0.4, -0.2) is 28.2 Å². The van der Waals surface area contributed by atoms with E-state index in [2.05, 4.69) is 53.8 Å². The number of nitrogens with one attached hydrogen (secondary N) is 1. The Hall–Kier alpha value is -1.20. The van der Waals surface area contributed by atoms with Crippen LogP contribution < -0.4 is 5.32 Å². The molecular formula is C23H31Cl2N3S. The number of pyridine rings is 1. The van der Waals surface area contributed by atoms with E-state index in [9.17, 15) is 0 Å². The summed E-state index contributed by atoms with van der Waals surface area (Å²) in [5, 5.41) is 5.40. The van der Waals surface area contributed by atoms with Gasteiger partial charge in [0.1, 0.15) is 0 Å². The number of hydrogen-bond donors (Lipinski definition) is 1. The minimum absolute atomic E-state index is 0.441. The molecule has 0 aromatic carbocycles. The summed E-state index contributed by atoms with van der Waals surface area (Å²) in [5.74, 6) is 1.75. The van der Waals surface area contributed by atoms with Crippen molar-refractivity contribution in [2.75, 3.05) is 18.7 Å². The highest BCUT2D eigenvalue weighted by Crippen LogP contribution is 2.37. The maximum absolute atomic E-state index is 6.37. The fraction of sp³-hybridized carbons (Fsp3) is 0.435. The van der Waals surface area contributed by atoms with Crippen LogP contribution in [0.2, 0.25) is 0 Å². The van der Waals surface area contributed by atoms with Crippen LogP contribution in [0, 0.1) is 6.92 Å². The van der Waals surface area contributed by atoms with Crippen molar-refractivity contribution < 1.29 is 0 Å². The molecule has 0 saturated heterocycles. The molecule has 2 aromatic rings. The van der Waals surface area contributed by atoms with Gasteiger partial charge in [-0.2, -0.15) is 0 Å². The third kappa shape index (κ3) is 6.65. The zero-order chi connectivity index (χ0) is 21.4. The van der Waals surface area contributed by atoms with Gasteiger partial charge in [-0.3, -0.25) is 4.98 Å². The van der Waals surface area contributed by atoms with Crippen molar-refractivity contribution in [3.63, 3.8) is 0 Å². The lowest BCUT2D eigenvalue weighted by Crippen LogP contribution is -2.09. The molecule has 3 nitrogen and oxygen atoms in total. The number of alkyl halides is 1. The van der Waals surface area contributed by atoms with Crippen molar-refractivity contribution in [2.45, 2.75) is 51.7 Å². The number of thioether (sulfide) groups is 1. The molecule has 0 atom stereocenters. The number of hydrogen-bond acceptors (Lipinski definition) is 3. The topological polar surface area (TPSA) is 29.9 Å². The predicted octanol–water partition coefficient (Wildman–Crippen LogP) is 6.48. The molecule has 1 N–H and O–H groups in total. The molecule has 0 radical (unpaired) electrons. The number of allylic oxidation sites excluding steroid dienone is 3. The molecule has 29 heavy (non-hydrogen) atoms. The van der Waals surface area contributed by atoms with Crippen LogP contribution >= 0.6 is 35.0 Å². The van der Waals surface area contributed by atoms with Crippen LogP contribution in [-0.2, 0) is 13.1 Å². The van der Waals surface area contributed by atoms with E-state index >= 15 is 0 Å². The lowest BCUT2D eigenvalue weighted by Gasteiger charge is -2.14. The van der Waals surface area contributed by atoms with Crippen molar-refractivity contribution >= 4 is 35.0 Å². The maximum Gasteiger partial charge on any atom is 0.0794 e. The number of rotatable bonds is 10. The molecule has 0 bridgehead atoms. The van der Waals surface area contributed by atoms with Gasteiger partial charge in [0, 0.05) is 47.8 Å². The van der Waals surface area contributed by atoms with Gasteiger partial charge >= 0.3 is 0 Å². The second-order valence-electron chi connectivity index (χ2n) is 7.43. The Morgan fingerprint density at radius 1 is 1.31 bits per heavy atom. The van der Waals surface area contributed by atoms with Gasteiger partial charge in [0.25, 0.3) is 0 Å². The molecule has 0 saturated carbocycles. The van der Waals surface area contributed by atoms with E-state index in [1.54, 1.807) is 0 Å². The van der Waals surface area contributed by atoms with Gasteiger partial charge < -0.3 is 9.88 Å². The monoisotopic (exact) mass is 451 g/mol. The van der Waals surface area contributed by atoms with Crippen molar-refractivity contribution in [1.82, 2.24) is 14.9 Å². The predicted molar refractivity (Wildman–Crippen MR) is 128 cm³/mol. The third-order valence-electron chi connectivity index (χ3n) is 4.76. The Balaban J connectivity index is 2.41. The summed E-state index contributed by atoms with van der Waals surface area (Å²) in [5.41, 5.74) is 6.45. The minimum atomic E-state index is 0.441. The van der Waals surface area contributed by atoms with Crippen LogP contribution in [0.4, 0.5) is 0 Å². The molecule has 2 heterocycles. The van der Waals surface area contributed by atoms with E-state index in [0.29, 0.717) is 11.8 Å². The summed E-state index contributed by atoms with van der Waals surface area (Å²) in [6, 6.07) is 4.16. The SMILES string of the molecule is CNCc1c(C(C)C)c(SC/C=C(Cl)\C=C(/C)CCl)n(Cc2ccncc2)c1C. The zero-order valence-electron chi connectivity index (χ0n) is 17.9. The fourth-order valence-electron chi connectivity index (χ4n) is 3.33. The average molecular weight is 452 g/mol. The van der Waals surface area contributed by atoms with Crippen LogP contribution in [0.25, 0.3) is 0 Å². The van der Waals surface area contributed by atoms with Gasteiger partial charge in [-0.1, -0.05) is 37.1 Å². The lowest BCUT2D eigenvalue weighted by atomic mass is 10.0. The lowest BCUT2D eigenvalue weighted by molar-refractivity contribution is 0.689. The zero-order valence-corrected chi connectivity index (χ0v) is 20.3. The van der Waals surface area contributed by atoms with Gasteiger partial charge in [0.2, 0.25) is 0 Å². The summed E-state index contributed by atoms with van der Waals surface area (Å²) >= 11 is 14.1. The van der Waals surface area contributed by atoms with Gasteiger partial charge in [0.15, 0.2) is 0 Å². The second kappa shape index (κ2) is 11.8. The first-order valence-corrected chi connectivity index (χ1v) is 11.8. The molecule has 6 heteroatoms. The van der Waals surface area contributed by atoms with Crippen molar-refractivity contribution in [1.29, 1.82) is 0 Å². The normalized spacial score (nSPS) is 12.8. The van der Waals surface area contributed by atoms with E-state index in [0.717, 1.165) is 29.4 Å². The van der Waals surface area contributed by atoms with Crippen LogP contribution in [0.5, 0.6) is 0 Å². The van der Waals surface area contributed by atoms with E-state index in [4.69, 9.17) is 23.2 Å². The summed E-state index contributed by atoms with van der Waals surface area (Å²) in [6.45, 7) is 10.4. The standard InChI is InChI=1S/C23H31Cl2N3S/c1-16(2)22-21(14-26-5)18(4)28(15-19-6-9-27-10-7-19)23(22)29-11-8-20(25)12-17(3)13-24/h6-10,12,16,26H,11,13-15H2,1-5H3/b17-12+,20-8+. The molecular weight excluding hydrogens is 421 g/mol. The van der Waals surface area contributed by atoms with Crippen LogP contribution in [0.1, 0.15) is 49.1 Å². The average Bonchev–Trinajstić information content (AvgIpc) is 2.94. The minimum Gasteiger partial charge on any atom is -0.335 e. The Labute approximate surface area is 189 Å². The second-order valence-corrected chi connectivity index (χ2v) is 9.15. The van der Waals surface area contributed by atoms with Gasteiger partial charge in [-0.25, -0.2) is 0 Å². The van der Waals surface area contributed by atoms with E-state index in [1.165, 1.54) is 27.4 Å². The number of nitrogens with zero attached hydrogens (tertiary/aromatic N) is 2. The van der Waals surface area contributed by atoms with Gasteiger partial charge in [-0.15, -0.1) is 23.4 Å². The van der Waals surface area contributed by atoms with Crippen LogP contribution in [0.3, 0.4) is 0 Å². The first-order chi connectivity index (χ1) is 13.9.